The summed E-state index contributed by atoms with van der Waals surface area (Å²) in [6.07, 6.45) is 14.8. The van der Waals surface area contributed by atoms with E-state index in [9.17, 15) is 13.0 Å². The van der Waals surface area contributed by atoms with Gasteiger partial charge < -0.3 is 4.55 Å². The molecular weight excluding hydrogens is 271 g/mol. The van der Waals surface area contributed by atoms with Gasteiger partial charge in [-0.3, -0.25) is 0 Å². The maximum absolute atomic E-state index is 10.3. The Balaban J connectivity index is 0. The Labute approximate surface area is 141 Å². The molecule has 0 saturated heterocycles. The molecule has 0 rings (SSSR count). The zero-order chi connectivity index (χ0) is 13.7. The normalized spacial score (nSPS) is 11.7. The summed E-state index contributed by atoms with van der Waals surface area (Å²) in [5.41, 5.74) is 0. The van der Waals surface area contributed by atoms with Gasteiger partial charge in [0.15, 0.2) is 0 Å². The van der Waals surface area contributed by atoms with Crippen LogP contribution < -0.4 is 29.6 Å². The summed E-state index contributed by atoms with van der Waals surface area (Å²) in [4.78, 5) is 0. The first kappa shape index (κ1) is 21.9. The van der Waals surface area contributed by atoms with E-state index in [1.165, 1.54) is 57.4 Å². The minimum Gasteiger partial charge on any atom is -0.744 e. The molecule has 19 heavy (non-hydrogen) atoms. The van der Waals surface area contributed by atoms with E-state index in [2.05, 4.69) is 6.92 Å². The van der Waals surface area contributed by atoms with Crippen LogP contribution in [0.25, 0.3) is 0 Å². The minimum absolute atomic E-state index is 0. The van der Waals surface area contributed by atoms with Gasteiger partial charge >= 0.3 is 29.6 Å². The molecule has 0 spiro atoms. The fraction of sp³-hybridized carbons (Fsp3) is 0.857. The van der Waals surface area contributed by atoms with Crippen LogP contribution >= 0.6 is 0 Å². The Morgan fingerprint density at radius 2 is 1.26 bits per heavy atom. The van der Waals surface area contributed by atoms with E-state index in [-0.39, 0.29) is 29.6 Å². The van der Waals surface area contributed by atoms with E-state index in [0.717, 1.165) is 18.2 Å². The third-order valence-corrected chi connectivity index (χ3v) is 3.51. The predicted molar refractivity (Wildman–Crippen MR) is 75.3 cm³/mol. The Morgan fingerprint density at radius 1 is 0.842 bits per heavy atom. The predicted octanol–water partition coefficient (Wildman–Crippen LogP) is 1.36. The second-order valence-corrected chi connectivity index (χ2v) is 6.09. The average molecular weight is 298 g/mol. The van der Waals surface area contributed by atoms with Gasteiger partial charge in [0, 0.05) is 5.41 Å². The number of unbranched alkanes of at least 4 members (excludes halogenated alkanes) is 10. The van der Waals surface area contributed by atoms with E-state index in [0.29, 0.717) is 6.42 Å². The summed E-state index contributed by atoms with van der Waals surface area (Å²) in [7, 11) is -4.17. The van der Waals surface area contributed by atoms with Crippen molar-refractivity contribution in [3.05, 3.63) is 11.5 Å². The van der Waals surface area contributed by atoms with Crippen molar-refractivity contribution in [1.29, 1.82) is 0 Å². The summed E-state index contributed by atoms with van der Waals surface area (Å²) in [5.74, 6) is 0. The van der Waals surface area contributed by atoms with E-state index in [4.69, 9.17) is 0 Å². The van der Waals surface area contributed by atoms with Crippen molar-refractivity contribution in [2.45, 2.75) is 77.6 Å². The van der Waals surface area contributed by atoms with Gasteiger partial charge in [-0.05, 0) is 12.8 Å². The Morgan fingerprint density at radius 3 is 1.68 bits per heavy atom. The first-order valence-corrected chi connectivity index (χ1v) is 8.66. The third kappa shape index (κ3) is 21.1. The molecule has 0 radical (unpaired) electrons. The Bertz CT molecular complexity index is 300. The molecule has 0 atom stereocenters. The van der Waals surface area contributed by atoms with Crippen molar-refractivity contribution in [3.63, 3.8) is 0 Å². The monoisotopic (exact) mass is 298 g/mol. The van der Waals surface area contributed by atoms with Gasteiger partial charge in [-0.1, -0.05) is 70.8 Å². The van der Waals surface area contributed by atoms with E-state index in [1.54, 1.807) is 0 Å². The average Bonchev–Trinajstić information content (AvgIpc) is 2.29. The standard InChI is InChI=1S/C14H28O3S.Na/c1-2-3-4-5-6-7-8-9-10-11-12-13-14-18(15,16)17;/h13-14H,2-12H2,1H3,(H,15,16,17);/q;+1/p-1/b14-13-;. The molecule has 108 valence electrons. The maximum Gasteiger partial charge on any atom is 1.00 e. The molecule has 0 N–H and O–H groups in total. The van der Waals surface area contributed by atoms with Crippen molar-refractivity contribution < 1.29 is 42.5 Å². The molecule has 0 heterocycles. The summed E-state index contributed by atoms with van der Waals surface area (Å²) in [6, 6.07) is 0. The van der Waals surface area contributed by atoms with Gasteiger partial charge in [0.1, 0.15) is 10.1 Å². The van der Waals surface area contributed by atoms with Crippen molar-refractivity contribution >= 4 is 10.1 Å². The van der Waals surface area contributed by atoms with Crippen LogP contribution in [0.2, 0.25) is 0 Å². The van der Waals surface area contributed by atoms with Crippen molar-refractivity contribution in [3.8, 4) is 0 Å². The summed E-state index contributed by atoms with van der Waals surface area (Å²) in [5, 5.41) is 0.765. The number of hydrogen-bond acceptors (Lipinski definition) is 3. The zero-order valence-corrected chi connectivity index (χ0v) is 15.4. The topological polar surface area (TPSA) is 57.2 Å². The number of allylic oxidation sites excluding steroid dienone is 1. The van der Waals surface area contributed by atoms with E-state index >= 15 is 0 Å². The molecule has 0 aliphatic heterocycles. The molecule has 0 unspecified atom stereocenters. The molecule has 0 aromatic heterocycles. The summed E-state index contributed by atoms with van der Waals surface area (Å²) in [6.45, 7) is 2.23. The smallest absolute Gasteiger partial charge is 0.744 e. The van der Waals surface area contributed by atoms with Gasteiger partial charge in [-0.15, -0.1) is 0 Å². The van der Waals surface area contributed by atoms with Crippen LogP contribution in [0.15, 0.2) is 11.5 Å². The van der Waals surface area contributed by atoms with Crippen molar-refractivity contribution in [2.75, 3.05) is 0 Å². The van der Waals surface area contributed by atoms with Crippen LogP contribution in [0.4, 0.5) is 0 Å². The van der Waals surface area contributed by atoms with Crippen LogP contribution in [-0.2, 0) is 10.1 Å². The Kier molecular flexibility index (Phi) is 17.4. The first-order chi connectivity index (χ1) is 8.56. The summed E-state index contributed by atoms with van der Waals surface area (Å²) >= 11 is 0. The van der Waals surface area contributed by atoms with Crippen LogP contribution in [-0.4, -0.2) is 13.0 Å². The fourth-order valence-corrected chi connectivity index (χ4v) is 2.31. The van der Waals surface area contributed by atoms with Gasteiger partial charge in [0.05, 0.1) is 0 Å². The largest absolute Gasteiger partial charge is 1.00 e. The molecule has 0 aliphatic rings. The maximum atomic E-state index is 10.3. The second kappa shape index (κ2) is 15.0. The molecule has 0 bridgehead atoms. The Hall–Kier alpha value is 0.650. The quantitative estimate of drug-likeness (QED) is 0.310. The number of hydrogen-bond donors (Lipinski definition) is 0. The number of rotatable bonds is 12. The fourth-order valence-electron chi connectivity index (χ4n) is 1.94. The minimum atomic E-state index is -4.17. The van der Waals surface area contributed by atoms with Crippen LogP contribution in [0, 0.1) is 0 Å². The second-order valence-electron chi connectivity index (χ2n) is 4.84. The zero-order valence-electron chi connectivity index (χ0n) is 12.6. The SMILES string of the molecule is CCCCCCCCCCCC/C=C\S(=O)(=O)[O-].[Na+]. The van der Waals surface area contributed by atoms with Gasteiger partial charge in [-0.25, -0.2) is 8.42 Å². The molecule has 3 nitrogen and oxygen atoms in total. The van der Waals surface area contributed by atoms with E-state index < -0.39 is 10.1 Å². The summed E-state index contributed by atoms with van der Waals surface area (Å²) < 4.78 is 30.8. The van der Waals surface area contributed by atoms with Gasteiger partial charge in [0.2, 0.25) is 0 Å². The molecule has 0 aliphatic carbocycles. The van der Waals surface area contributed by atoms with Crippen LogP contribution in [0.3, 0.4) is 0 Å². The molecule has 0 saturated carbocycles. The molecular formula is C14H27NaO3S. The molecule has 0 aromatic rings. The third-order valence-electron chi connectivity index (χ3n) is 2.99. The van der Waals surface area contributed by atoms with E-state index in [1.807, 2.05) is 0 Å². The van der Waals surface area contributed by atoms with Crippen LogP contribution in [0.1, 0.15) is 77.6 Å². The van der Waals surface area contributed by atoms with Gasteiger partial charge in [0.25, 0.3) is 0 Å². The van der Waals surface area contributed by atoms with Crippen molar-refractivity contribution in [2.24, 2.45) is 0 Å². The molecule has 5 heteroatoms. The molecule has 0 amide bonds. The first-order valence-electron chi connectivity index (χ1n) is 7.18. The molecule has 0 aromatic carbocycles. The molecule has 0 fully saturated rings. The van der Waals surface area contributed by atoms with Crippen LogP contribution in [0.5, 0.6) is 0 Å². The van der Waals surface area contributed by atoms with Crippen molar-refractivity contribution in [1.82, 2.24) is 0 Å². The van der Waals surface area contributed by atoms with Gasteiger partial charge in [-0.2, -0.15) is 0 Å².